The van der Waals surface area contributed by atoms with Crippen molar-refractivity contribution in [1.82, 2.24) is 9.97 Å². The topological polar surface area (TPSA) is 38.2 Å². The van der Waals surface area contributed by atoms with Gasteiger partial charge in [-0.2, -0.15) is 0 Å². The number of aromatic nitrogens is 2. The van der Waals surface area contributed by atoms with Gasteiger partial charge < -0.3 is 9.64 Å². The predicted molar refractivity (Wildman–Crippen MR) is 98.7 cm³/mol. The first-order valence-corrected chi connectivity index (χ1v) is 9.31. The molecule has 1 aromatic carbocycles. The number of hydrogen-bond donors (Lipinski definition) is 0. The number of anilines is 1. The maximum Gasteiger partial charge on any atom is 0.141 e. The number of thiophene rings is 1. The zero-order chi connectivity index (χ0) is 16.5. The van der Waals surface area contributed by atoms with Crippen molar-refractivity contribution >= 4 is 27.4 Å². The molecule has 24 heavy (non-hydrogen) atoms. The molecule has 1 saturated heterocycles. The first-order chi connectivity index (χ1) is 11.8. The van der Waals surface area contributed by atoms with Crippen molar-refractivity contribution in [2.24, 2.45) is 0 Å². The second-order valence-corrected chi connectivity index (χ2v) is 7.07. The summed E-state index contributed by atoms with van der Waals surface area (Å²) in [5.74, 6) is 1.95. The van der Waals surface area contributed by atoms with E-state index in [1.54, 1.807) is 11.3 Å². The van der Waals surface area contributed by atoms with Crippen LogP contribution in [0, 0.1) is 0 Å². The van der Waals surface area contributed by atoms with E-state index in [-0.39, 0.29) is 12.1 Å². The molecule has 124 valence electrons. The molecule has 0 amide bonds. The molecule has 0 radical (unpaired) electrons. The highest BCUT2D eigenvalue weighted by atomic mass is 32.1. The SMILES string of the molecule is CCc1nc(N2CC(C)OCC2c2ccccc2)c2ccsc2n1. The third kappa shape index (κ3) is 2.78. The second-order valence-electron chi connectivity index (χ2n) is 6.18. The van der Waals surface area contributed by atoms with Crippen molar-refractivity contribution < 1.29 is 4.74 Å². The molecule has 3 aromatic rings. The number of nitrogens with zero attached hydrogens (tertiary/aromatic N) is 3. The standard InChI is InChI=1S/C19H21N3OS/c1-3-17-20-18(15-9-10-24-19(15)21-17)22-11-13(2)23-12-16(22)14-7-5-4-6-8-14/h4-10,13,16H,3,11-12H2,1-2H3. The van der Waals surface area contributed by atoms with E-state index in [0.717, 1.165) is 34.8 Å². The van der Waals surface area contributed by atoms with E-state index in [1.165, 1.54) is 5.56 Å². The summed E-state index contributed by atoms with van der Waals surface area (Å²) in [7, 11) is 0. The lowest BCUT2D eigenvalue weighted by Gasteiger charge is -2.40. The van der Waals surface area contributed by atoms with Crippen LogP contribution in [-0.4, -0.2) is 29.2 Å². The zero-order valence-corrected chi connectivity index (χ0v) is 14.8. The van der Waals surface area contributed by atoms with Crippen LogP contribution in [0.3, 0.4) is 0 Å². The molecular formula is C19H21N3OS. The van der Waals surface area contributed by atoms with Crippen LogP contribution < -0.4 is 4.90 Å². The van der Waals surface area contributed by atoms with E-state index >= 15 is 0 Å². The van der Waals surface area contributed by atoms with E-state index in [4.69, 9.17) is 9.72 Å². The van der Waals surface area contributed by atoms with E-state index in [9.17, 15) is 0 Å². The normalized spacial score (nSPS) is 21.3. The number of rotatable bonds is 3. The maximum atomic E-state index is 5.96. The zero-order valence-electron chi connectivity index (χ0n) is 14.0. The van der Waals surface area contributed by atoms with Crippen LogP contribution in [0.25, 0.3) is 10.2 Å². The van der Waals surface area contributed by atoms with Gasteiger partial charge in [0.1, 0.15) is 16.5 Å². The van der Waals surface area contributed by atoms with Gasteiger partial charge in [0.25, 0.3) is 0 Å². The molecule has 2 aromatic heterocycles. The van der Waals surface area contributed by atoms with Crippen LogP contribution in [0.5, 0.6) is 0 Å². The van der Waals surface area contributed by atoms with Crippen LogP contribution in [0.2, 0.25) is 0 Å². The van der Waals surface area contributed by atoms with Crippen LogP contribution >= 0.6 is 11.3 Å². The molecule has 0 bridgehead atoms. The van der Waals surface area contributed by atoms with Gasteiger partial charge in [-0.25, -0.2) is 9.97 Å². The van der Waals surface area contributed by atoms with Crippen LogP contribution in [-0.2, 0) is 11.2 Å². The lowest BCUT2D eigenvalue weighted by Crippen LogP contribution is -2.44. The molecule has 1 aliphatic rings. The minimum atomic E-state index is 0.185. The Labute approximate surface area is 146 Å². The maximum absolute atomic E-state index is 5.96. The molecule has 0 spiro atoms. The van der Waals surface area contributed by atoms with Gasteiger partial charge in [0, 0.05) is 13.0 Å². The first kappa shape index (κ1) is 15.5. The Bertz CT molecular complexity index is 833. The summed E-state index contributed by atoms with van der Waals surface area (Å²) in [5.41, 5.74) is 1.27. The van der Waals surface area contributed by atoms with Crippen molar-refractivity contribution in [3.63, 3.8) is 0 Å². The number of hydrogen-bond acceptors (Lipinski definition) is 5. The smallest absolute Gasteiger partial charge is 0.141 e. The summed E-state index contributed by atoms with van der Waals surface area (Å²) in [6.45, 7) is 5.75. The summed E-state index contributed by atoms with van der Waals surface area (Å²) < 4.78 is 5.96. The Kier molecular flexibility index (Phi) is 4.21. The van der Waals surface area contributed by atoms with Gasteiger partial charge in [-0.05, 0) is 23.9 Å². The summed E-state index contributed by atoms with van der Waals surface area (Å²) in [6.07, 6.45) is 1.04. The Balaban J connectivity index is 1.83. The minimum Gasteiger partial charge on any atom is -0.374 e. The lowest BCUT2D eigenvalue weighted by molar-refractivity contribution is 0.0301. The van der Waals surface area contributed by atoms with Gasteiger partial charge >= 0.3 is 0 Å². The van der Waals surface area contributed by atoms with Gasteiger partial charge in [-0.1, -0.05) is 37.3 Å². The van der Waals surface area contributed by atoms with E-state index in [0.29, 0.717) is 6.61 Å². The van der Waals surface area contributed by atoms with Crippen LogP contribution in [0.1, 0.15) is 31.3 Å². The monoisotopic (exact) mass is 339 g/mol. The average Bonchev–Trinajstić information content (AvgIpc) is 3.10. The Morgan fingerprint density at radius 1 is 1.21 bits per heavy atom. The van der Waals surface area contributed by atoms with Crippen molar-refractivity contribution in [2.45, 2.75) is 32.4 Å². The summed E-state index contributed by atoms with van der Waals surface area (Å²) >= 11 is 1.68. The van der Waals surface area contributed by atoms with Crippen molar-refractivity contribution in [3.8, 4) is 0 Å². The second kappa shape index (κ2) is 6.49. The van der Waals surface area contributed by atoms with Crippen molar-refractivity contribution in [1.29, 1.82) is 0 Å². The van der Waals surface area contributed by atoms with Gasteiger partial charge in [0.15, 0.2) is 0 Å². The van der Waals surface area contributed by atoms with Gasteiger partial charge in [-0.3, -0.25) is 0 Å². The number of morpholine rings is 1. The highest BCUT2D eigenvalue weighted by Gasteiger charge is 2.30. The third-order valence-electron chi connectivity index (χ3n) is 4.49. The van der Waals surface area contributed by atoms with Crippen molar-refractivity contribution in [2.75, 3.05) is 18.1 Å². The molecule has 1 fully saturated rings. The van der Waals surface area contributed by atoms with Crippen LogP contribution in [0.15, 0.2) is 41.8 Å². The fourth-order valence-corrected chi connectivity index (χ4v) is 4.02. The highest BCUT2D eigenvalue weighted by molar-refractivity contribution is 7.16. The van der Waals surface area contributed by atoms with Crippen LogP contribution in [0.4, 0.5) is 5.82 Å². The third-order valence-corrected chi connectivity index (χ3v) is 5.30. The molecule has 4 nitrogen and oxygen atoms in total. The summed E-state index contributed by atoms with van der Waals surface area (Å²) in [4.78, 5) is 13.0. The molecule has 4 rings (SSSR count). The Morgan fingerprint density at radius 2 is 2.04 bits per heavy atom. The highest BCUT2D eigenvalue weighted by Crippen LogP contribution is 2.35. The van der Waals surface area contributed by atoms with E-state index in [2.05, 4.69) is 65.5 Å². The fraction of sp³-hybridized carbons (Fsp3) is 0.368. The number of aryl methyl sites for hydroxylation is 1. The quantitative estimate of drug-likeness (QED) is 0.716. The summed E-state index contributed by atoms with van der Waals surface area (Å²) in [6, 6.07) is 12.9. The number of fused-ring (bicyclic) bond motifs is 1. The first-order valence-electron chi connectivity index (χ1n) is 8.43. The molecule has 3 heterocycles. The molecule has 5 heteroatoms. The Morgan fingerprint density at radius 3 is 2.83 bits per heavy atom. The fourth-order valence-electron chi connectivity index (χ4n) is 3.25. The van der Waals surface area contributed by atoms with Gasteiger partial charge in [0.2, 0.25) is 0 Å². The van der Waals surface area contributed by atoms with Gasteiger partial charge in [-0.15, -0.1) is 11.3 Å². The molecule has 0 saturated carbocycles. The molecule has 0 N–H and O–H groups in total. The summed E-state index contributed by atoms with van der Waals surface area (Å²) in [5, 5.41) is 3.25. The number of benzene rings is 1. The van der Waals surface area contributed by atoms with E-state index in [1.807, 2.05) is 0 Å². The van der Waals surface area contributed by atoms with Gasteiger partial charge in [0.05, 0.1) is 24.1 Å². The largest absolute Gasteiger partial charge is 0.374 e. The predicted octanol–water partition coefficient (Wildman–Crippen LogP) is 4.22. The Hall–Kier alpha value is -1.98. The molecule has 0 aliphatic carbocycles. The number of ether oxygens (including phenoxy) is 1. The lowest BCUT2D eigenvalue weighted by atomic mass is 10.0. The molecule has 1 aliphatic heterocycles. The molecule has 2 atom stereocenters. The average molecular weight is 339 g/mol. The van der Waals surface area contributed by atoms with Crippen molar-refractivity contribution in [3.05, 3.63) is 53.2 Å². The minimum absolute atomic E-state index is 0.185. The molecule has 2 unspecified atom stereocenters. The van der Waals surface area contributed by atoms with E-state index < -0.39 is 0 Å². The molecular weight excluding hydrogens is 318 g/mol.